The van der Waals surface area contributed by atoms with Crippen LogP contribution in [0.4, 0.5) is 17.1 Å². The first kappa shape index (κ1) is 38.5. The van der Waals surface area contributed by atoms with Crippen LogP contribution in [0.5, 0.6) is 0 Å². The third-order valence-corrected chi connectivity index (χ3v) is 10.3. The van der Waals surface area contributed by atoms with Crippen LogP contribution >= 0.6 is 0 Å². The second-order valence-corrected chi connectivity index (χ2v) is 15.3. The molecule has 0 bridgehead atoms. The Hall–Kier alpha value is -3.31. The molecule has 3 aliphatic rings. The van der Waals surface area contributed by atoms with E-state index in [0.717, 1.165) is 69.0 Å². The highest BCUT2D eigenvalue weighted by atomic mass is 16.5. The fraction of sp³-hybridized carbons (Fsp3) is 0.568. The Balaban J connectivity index is 0.000000201. The van der Waals surface area contributed by atoms with Gasteiger partial charge in [-0.05, 0) is 104 Å². The van der Waals surface area contributed by atoms with E-state index in [4.69, 9.17) is 4.74 Å². The monoisotopic (exact) mass is 670 g/mol. The highest BCUT2D eigenvalue weighted by molar-refractivity contribution is 5.93. The molecule has 5 nitrogen and oxygen atoms in total. The molecular weight excluding hydrogens is 603 g/mol. The van der Waals surface area contributed by atoms with E-state index in [1.165, 1.54) is 67.7 Å². The van der Waals surface area contributed by atoms with Gasteiger partial charge in [-0.3, -0.25) is 4.79 Å². The Morgan fingerprint density at radius 2 is 1.20 bits per heavy atom. The lowest BCUT2D eigenvalue weighted by Gasteiger charge is -2.38. The van der Waals surface area contributed by atoms with Gasteiger partial charge >= 0.3 is 0 Å². The molecule has 1 saturated carbocycles. The Labute approximate surface area is 300 Å². The van der Waals surface area contributed by atoms with Crippen LogP contribution in [0.1, 0.15) is 92.6 Å². The molecule has 49 heavy (non-hydrogen) atoms. The fourth-order valence-electron chi connectivity index (χ4n) is 7.24. The van der Waals surface area contributed by atoms with E-state index in [0.29, 0.717) is 5.92 Å². The van der Waals surface area contributed by atoms with Crippen molar-refractivity contribution in [3.8, 4) is 0 Å². The van der Waals surface area contributed by atoms with Crippen molar-refractivity contribution in [3.05, 3.63) is 90.0 Å². The van der Waals surface area contributed by atoms with E-state index < -0.39 is 0 Å². The molecule has 0 aromatic heterocycles. The molecule has 2 saturated heterocycles. The molecule has 1 aliphatic carbocycles. The Bertz CT molecular complexity index is 1290. The van der Waals surface area contributed by atoms with E-state index in [-0.39, 0.29) is 13.3 Å². The summed E-state index contributed by atoms with van der Waals surface area (Å²) < 4.78 is 5.40. The summed E-state index contributed by atoms with van der Waals surface area (Å²) in [5.74, 6) is 3.39. The molecule has 3 aromatic carbocycles. The van der Waals surface area contributed by atoms with Gasteiger partial charge in [-0.25, -0.2) is 0 Å². The number of benzene rings is 3. The molecule has 0 spiro atoms. The van der Waals surface area contributed by atoms with Crippen molar-refractivity contribution in [1.82, 2.24) is 0 Å². The molecule has 1 unspecified atom stereocenters. The molecular formula is C44H67N3O2. The van der Waals surface area contributed by atoms with Crippen molar-refractivity contribution in [2.75, 3.05) is 54.5 Å². The van der Waals surface area contributed by atoms with Gasteiger partial charge in [0, 0.05) is 50.6 Å². The van der Waals surface area contributed by atoms with Crippen molar-refractivity contribution in [2.24, 2.45) is 29.6 Å². The van der Waals surface area contributed by atoms with Gasteiger partial charge in [-0.2, -0.15) is 0 Å². The summed E-state index contributed by atoms with van der Waals surface area (Å²) in [4.78, 5) is 17.0. The van der Waals surface area contributed by atoms with Gasteiger partial charge < -0.3 is 19.9 Å². The Kier molecular flexibility index (Phi) is 16.0. The van der Waals surface area contributed by atoms with Gasteiger partial charge in [0.15, 0.2) is 0 Å². The highest BCUT2D eigenvalue weighted by Crippen LogP contribution is 2.40. The van der Waals surface area contributed by atoms with E-state index in [1.807, 2.05) is 30.3 Å². The number of nitrogens with zero attached hydrogens (tertiary/aromatic N) is 2. The quantitative estimate of drug-likeness (QED) is 0.233. The molecule has 6 rings (SSSR count). The SMILES string of the molecule is CC(C)Cc1ccccc1N1CCCCC1.CC(C)Cc1ccccc1N1CCOCC1.CCC(C)C1CC(C(=O)Nc2ccccc2)C1.[HH]. The lowest BCUT2D eigenvalue weighted by atomic mass is 9.68. The van der Waals surface area contributed by atoms with Gasteiger partial charge in [0.25, 0.3) is 0 Å². The Morgan fingerprint density at radius 3 is 1.71 bits per heavy atom. The zero-order chi connectivity index (χ0) is 35.0. The topological polar surface area (TPSA) is 44.8 Å². The number of hydrogen-bond acceptors (Lipinski definition) is 4. The lowest BCUT2D eigenvalue weighted by molar-refractivity contribution is -0.124. The average molecular weight is 670 g/mol. The molecule has 2 heterocycles. The maximum absolute atomic E-state index is 11.9. The van der Waals surface area contributed by atoms with Crippen LogP contribution in [0.25, 0.3) is 0 Å². The number of rotatable bonds is 10. The Morgan fingerprint density at radius 1 is 0.714 bits per heavy atom. The molecule has 270 valence electrons. The number of hydrogen-bond donors (Lipinski definition) is 1. The third-order valence-electron chi connectivity index (χ3n) is 10.3. The number of anilines is 3. The summed E-state index contributed by atoms with van der Waals surface area (Å²) in [5.41, 5.74) is 6.79. The summed E-state index contributed by atoms with van der Waals surface area (Å²) in [6, 6.07) is 27.4. The summed E-state index contributed by atoms with van der Waals surface area (Å²) in [5, 5.41) is 2.98. The molecule has 1 amide bonds. The number of carbonyl (C=O) groups is 1. The number of ether oxygens (including phenoxy) is 1. The number of amides is 1. The zero-order valence-corrected chi connectivity index (χ0v) is 31.5. The van der Waals surface area contributed by atoms with Crippen LogP contribution in [-0.2, 0) is 22.4 Å². The number of nitrogens with one attached hydrogen (secondary N) is 1. The first-order valence-corrected chi connectivity index (χ1v) is 19.3. The first-order valence-electron chi connectivity index (χ1n) is 19.3. The number of piperidine rings is 1. The number of para-hydroxylation sites is 3. The van der Waals surface area contributed by atoms with Crippen molar-refractivity contribution in [1.29, 1.82) is 0 Å². The summed E-state index contributed by atoms with van der Waals surface area (Å²) in [6.07, 6.45) is 9.83. The van der Waals surface area contributed by atoms with Gasteiger partial charge in [-0.15, -0.1) is 0 Å². The number of carbonyl (C=O) groups excluding carboxylic acids is 1. The molecule has 3 fully saturated rings. The summed E-state index contributed by atoms with van der Waals surface area (Å²) in [7, 11) is 0. The maximum Gasteiger partial charge on any atom is 0.227 e. The average Bonchev–Trinajstić information content (AvgIpc) is 3.09. The smallest absolute Gasteiger partial charge is 0.227 e. The van der Waals surface area contributed by atoms with Crippen LogP contribution in [0, 0.1) is 29.6 Å². The minimum Gasteiger partial charge on any atom is -0.378 e. The molecule has 2 aliphatic heterocycles. The summed E-state index contributed by atoms with van der Waals surface area (Å²) >= 11 is 0. The minimum atomic E-state index is 0. The lowest BCUT2D eigenvalue weighted by Crippen LogP contribution is -2.37. The van der Waals surface area contributed by atoms with Crippen molar-refractivity contribution in [2.45, 2.75) is 92.9 Å². The second kappa shape index (κ2) is 20.4. The standard InChI is InChI=1S/C15H21NO.C15H23N.C14H21NO.H2/c1-3-11(2)12-9-13(10-12)15(17)16-14-7-5-4-6-8-14;1-13(2)12-14-8-4-5-9-15(14)16-10-6-3-7-11-16;1-12(2)11-13-5-3-4-6-14(13)15-7-9-16-10-8-15;/h4-8,11-13H,3,9-10H2,1-2H3,(H,16,17);4-5,8-9,13H,3,6-7,10-12H2,1-2H3;3-6,12H,7-11H2,1-2H3;1H. The van der Waals surface area contributed by atoms with Gasteiger partial charge in [0.2, 0.25) is 5.91 Å². The first-order chi connectivity index (χ1) is 23.7. The minimum absolute atomic E-state index is 0. The van der Waals surface area contributed by atoms with Gasteiger partial charge in [0.1, 0.15) is 0 Å². The second-order valence-electron chi connectivity index (χ2n) is 15.3. The van der Waals surface area contributed by atoms with E-state index >= 15 is 0 Å². The van der Waals surface area contributed by atoms with Gasteiger partial charge in [-0.1, -0.05) is 103 Å². The predicted molar refractivity (Wildman–Crippen MR) is 212 cm³/mol. The van der Waals surface area contributed by atoms with E-state index in [2.05, 4.69) is 105 Å². The molecule has 0 radical (unpaired) electrons. The third kappa shape index (κ3) is 12.5. The predicted octanol–water partition coefficient (Wildman–Crippen LogP) is 10.5. The van der Waals surface area contributed by atoms with Crippen LogP contribution in [-0.4, -0.2) is 45.3 Å². The van der Waals surface area contributed by atoms with Crippen LogP contribution in [0.2, 0.25) is 0 Å². The zero-order valence-electron chi connectivity index (χ0n) is 31.5. The van der Waals surface area contributed by atoms with Crippen LogP contribution in [0.3, 0.4) is 0 Å². The fourth-order valence-corrected chi connectivity index (χ4v) is 7.24. The highest BCUT2D eigenvalue weighted by Gasteiger charge is 2.36. The van der Waals surface area contributed by atoms with Crippen molar-refractivity contribution >= 4 is 23.0 Å². The van der Waals surface area contributed by atoms with Crippen molar-refractivity contribution < 1.29 is 11.0 Å². The molecule has 5 heteroatoms. The normalized spacial score (nSPS) is 19.6. The molecule has 3 aromatic rings. The maximum atomic E-state index is 11.9. The largest absolute Gasteiger partial charge is 0.378 e. The van der Waals surface area contributed by atoms with Crippen LogP contribution < -0.4 is 15.1 Å². The summed E-state index contributed by atoms with van der Waals surface area (Å²) in [6.45, 7) is 19.9. The van der Waals surface area contributed by atoms with Crippen molar-refractivity contribution in [3.63, 3.8) is 0 Å². The van der Waals surface area contributed by atoms with Crippen LogP contribution in [0.15, 0.2) is 78.9 Å². The van der Waals surface area contributed by atoms with E-state index in [9.17, 15) is 4.79 Å². The van der Waals surface area contributed by atoms with E-state index in [1.54, 1.807) is 0 Å². The number of morpholine rings is 1. The van der Waals surface area contributed by atoms with Gasteiger partial charge in [0.05, 0.1) is 13.2 Å². The molecule has 1 atom stereocenters. The molecule has 1 N–H and O–H groups in total.